The zero-order valence-corrected chi connectivity index (χ0v) is 16.0. The van der Waals surface area contributed by atoms with Gasteiger partial charge in [-0.3, -0.25) is 0 Å². The van der Waals surface area contributed by atoms with Crippen molar-refractivity contribution in [1.29, 1.82) is 0 Å². The number of rotatable bonds is 3. The lowest BCUT2D eigenvalue weighted by Gasteiger charge is -2.27. The summed E-state index contributed by atoms with van der Waals surface area (Å²) in [5.74, 6) is -0.630. The maximum absolute atomic E-state index is 11.5. The summed E-state index contributed by atoms with van der Waals surface area (Å²) >= 11 is 6.41. The van der Waals surface area contributed by atoms with Crippen LogP contribution in [0.4, 0.5) is 5.95 Å². The van der Waals surface area contributed by atoms with E-state index in [0.29, 0.717) is 49.0 Å². The average molecular weight is 410 g/mol. The number of H-pyrrole nitrogens is 1. The minimum Gasteiger partial charge on any atom is -0.477 e. The molecule has 4 aromatic rings. The molecule has 0 unspecified atom stereocenters. The number of nitrogens with one attached hydrogen (secondary N) is 1. The van der Waals surface area contributed by atoms with Gasteiger partial charge in [0.2, 0.25) is 5.95 Å². The second-order valence-electron chi connectivity index (χ2n) is 6.74. The number of carboxylic acids is 1. The van der Waals surface area contributed by atoms with Crippen molar-refractivity contribution < 1.29 is 14.6 Å². The standard InChI is InChI=1S/C20H16ClN5O3/c21-13-10-15(19(27)28)23-18-16(12-1-2-14-11(9-12)3-4-22-14)24-20(25-17(13)18)26-5-7-29-8-6-26/h1-4,9-10,22H,5-8H2,(H,27,28). The highest BCUT2D eigenvalue weighted by atomic mass is 35.5. The maximum atomic E-state index is 11.5. The number of carbonyl (C=O) groups is 1. The number of morpholine rings is 1. The largest absolute Gasteiger partial charge is 0.477 e. The molecule has 9 heteroatoms. The van der Waals surface area contributed by atoms with Gasteiger partial charge < -0.3 is 19.7 Å². The Labute approximate surface area is 170 Å². The van der Waals surface area contributed by atoms with Crippen LogP contribution in [0, 0.1) is 0 Å². The summed E-state index contributed by atoms with van der Waals surface area (Å²) in [5, 5.41) is 10.7. The molecule has 1 aliphatic rings. The number of ether oxygens (including phenoxy) is 1. The molecule has 1 saturated heterocycles. The van der Waals surface area contributed by atoms with Crippen LogP contribution < -0.4 is 4.90 Å². The summed E-state index contributed by atoms with van der Waals surface area (Å²) in [7, 11) is 0. The predicted octanol–water partition coefficient (Wildman–Crippen LogP) is 3.36. The van der Waals surface area contributed by atoms with Crippen molar-refractivity contribution in [3.8, 4) is 11.3 Å². The molecule has 29 heavy (non-hydrogen) atoms. The third-order valence-electron chi connectivity index (χ3n) is 4.93. The molecular formula is C20H16ClN5O3. The number of fused-ring (bicyclic) bond motifs is 2. The van der Waals surface area contributed by atoms with Gasteiger partial charge in [0.1, 0.15) is 16.7 Å². The van der Waals surface area contributed by atoms with E-state index < -0.39 is 5.97 Å². The minimum absolute atomic E-state index is 0.144. The zero-order chi connectivity index (χ0) is 20.0. The van der Waals surface area contributed by atoms with E-state index in [1.807, 2.05) is 35.4 Å². The number of carboxylic acid groups (broad SMARTS) is 1. The van der Waals surface area contributed by atoms with Gasteiger partial charge in [-0.25, -0.2) is 19.7 Å². The van der Waals surface area contributed by atoms with E-state index in [0.717, 1.165) is 16.5 Å². The third-order valence-corrected chi connectivity index (χ3v) is 5.22. The quantitative estimate of drug-likeness (QED) is 0.534. The monoisotopic (exact) mass is 409 g/mol. The summed E-state index contributed by atoms with van der Waals surface area (Å²) in [6.07, 6.45) is 1.86. The number of anilines is 1. The molecule has 146 valence electrons. The van der Waals surface area contributed by atoms with Gasteiger partial charge in [0.15, 0.2) is 5.69 Å². The molecule has 4 heterocycles. The summed E-state index contributed by atoms with van der Waals surface area (Å²) in [4.78, 5) is 30.4. The maximum Gasteiger partial charge on any atom is 0.354 e. The van der Waals surface area contributed by atoms with Crippen LogP contribution in [0.2, 0.25) is 5.02 Å². The first-order valence-corrected chi connectivity index (χ1v) is 9.50. The molecule has 1 aliphatic heterocycles. The molecule has 0 spiro atoms. The first kappa shape index (κ1) is 17.8. The van der Waals surface area contributed by atoms with Crippen LogP contribution >= 0.6 is 11.6 Å². The lowest BCUT2D eigenvalue weighted by Crippen LogP contribution is -2.37. The van der Waals surface area contributed by atoms with Crippen molar-refractivity contribution in [2.75, 3.05) is 31.2 Å². The molecule has 0 bridgehead atoms. The van der Waals surface area contributed by atoms with Crippen LogP contribution in [0.25, 0.3) is 33.2 Å². The van der Waals surface area contributed by atoms with E-state index in [1.165, 1.54) is 6.07 Å². The highest BCUT2D eigenvalue weighted by Gasteiger charge is 2.21. The number of aromatic carboxylic acids is 1. The van der Waals surface area contributed by atoms with Gasteiger partial charge in [-0.2, -0.15) is 0 Å². The van der Waals surface area contributed by atoms with E-state index in [-0.39, 0.29) is 10.7 Å². The highest BCUT2D eigenvalue weighted by molar-refractivity contribution is 6.35. The molecule has 2 N–H and O–H groups in total. The van der Waals surface area contributed by atoms with Gasteiger partial charge in [-0.1, -0.05) is 17.7 Å². The SMILES string of the molecule is O=C(O)c1cc(Cl)c2nc(N3CCOCC3)nc(-c3ccc4[nH]ccc4c3)c2n1. The van der Waals surface area contributed by atoms with Crippen LogP contribution in [0.3, 0.4) is 0 Å². The molecule has 5 rings (SSSR count). The number of benzene rings is 1. The van der Waals surface area contributed by atoms with Crippen LogP contribution in [-0.2, 0) is 4.74 Å². The number of aromatic nitrogens is 4. The zero-order valence-electron chi connectivity index (χ0n) is 15.2. The average Bonchev–Trinajstić information content (AvgIpc) is 3.21. The van der Waals surface area contributed by atoms with Crippen molar-refractivity contribution in [3.05, 3.63) is 47.2 Å². The van der Waals surface area contributed by atoms with Crippen molar-refractivity contribution in [2.45, 2.75) is 0 Å². The lowest BCUT2D eigenvalue weighted by molar-refractivity contribution is 0.0691. The number of hydrogen-bond acceptors (Lipinski definition) is 6. The first-order valence-electron chi connectivity index (χ1n) is 9.12. The Kier molecular flexibility index (Phi) is 4.30. The van der Waals surface area contributed by atoms with E-state index in [9.17, 15) is 9.90 Å². The fraction of sp³-hybridized carbons (Fsp3) is 0.200. The molecule has 1 aromatic carbocycles. The van der Waals surface area contributed by atoms with E-state index in [1.54, 1.807) is 0 Å². The number of pyridine rings is 1. The normalized spacial score (nSPS) is 14.6. The molecule has 0 saturated carbocycles. The van der Waals surface area contributed by atoms with Crippen molar-refractivity contribution in [1.82, 2.24) is 19.9 Å². The van der Waals surface area contributed by atoms with Crippen molar-refractivity contribution >= 4 is 45.5 Å². The molecular weight excluding hydrogens is 394 g/mol. The Hall–Kier alpha value is -3.23. The number of hydrogen-bond donors (Lipinski definition) is 2. The van der Waals surface area contributed by atoms with Crippen LogP contribution in [-0.4, -0.2) is 57.3 Å². The Bertz CT molecular complexity index is 1250. The smallest absolute Gasteiger partial charge is 0.354 e. The van der Waals surface area contributed by atoms with Gasteiger partial charge in [0.25, 0.3) is 0 Å². The summed E-state index contributed by atoms with van der Waals surface area (Å²) in [6, 6.07) is 9.15. The molecule has 1 fully saturated rings. The van der Waals surface area contributed by atoms with E-state index in [4.69, 9.17) is 21.3 Å². The molecule has 0 amide bonds. The molecule has 8 nitrogen and oxygen atoms in total. The summed E-state index contributed by atoms with van der Waals surface area (Å²) < 4.78 is 5.42. The van der Waals surface area contributed by atoms with Crippen LogP contribution in [0.5, 0.6) is 0 Å². The van der Waals surface area contributed by atoms with Gasteiger partial charge in [-0.05, 0) is 24.3 Å². The van der Waals surface area contributed by atoms with Gasteiger partial charge in [-0.15, -0.1) is 0 Å². The molecule has 0 radical (unpaired) electrons. The number of halogens is 1. The van der Waals surface area contributed by atoms with Crippen LogP contribution in [0.15, 0.2) is 36.5 Å². The van der Waals surface area contributed by atoms with Gasteiger partial charge >= 0.3 is 5.97 Å². The summed E-state index contributed by atoms with van der Waals surface area (Å²) in [6.45, 7) is 2.52. The molecule has 0 aliphatic carbocycles. The minimum atomic E-state index is -1.15. The first-order chi connectivity index (χ1) is 14.1. The lowest BCUT2D eigenvalue weighted by atomic mass is 10.1. The second kappa shape index (κ2) is 6.98. The molecule has 0 atom stereocenters. The Morgan fingerprint density at radius 1 is 1.10 bits per heavy atom. The second-order valence-corrected chi connectivity index (χ2v) is 7.15. The summed E-state index contributed by atoms with van der Waals surface area (Å²) in [5.41, 5.74) is 3.00. The molecule has 3 aromatic heterocycles. The topological polar surface area (TPSA) is 104 Å². The van der Waals surface area contributed by atoms with E-state index >= 15 is 0 Å². The third kappa shape index (κ3) is 3.16. The Morgan fingerprint density at radius 3 is 2.72 bits per heavy atom. The fourth-order valence-corrected chi connectivity index (χ4v) is 3.71. The number of nitrogens with zero attached hydrogens (tertiary/aromatic N) is 4. The Balaban J connectivity index is 1.78. The van der Waals surface area contributed by atoms with Crippen LogP contribution in [0.1, 0.15) is 10.5 Å². The van der Waals surface area contributed by atoms with Crippen molar-refractivity contribution in [3.63, 3.8) is 0 Å². The predicted molar refractivity (Wildman–Crippen MR) is 110 cm³/mol. The van der Waals surface area contributed by atoms with E-state index in [2.05, 4.69) is 15.0 Å². The fourth-order valence-electron chi connectivity index (χ4n) is 3.47. The highest BCUT2D eigenvalue weighted by Crippen LogP contribution is 2.33. The van der Waals surface area contributed by atoms with Crippen molar-refractivity contribution in [2.24, 2.45) is 0 Å². The number of aromatic amines is 1. The Morgan fingerprint density at radius 2 is 1.93 bits per heavy atom. The van der Waals surface area contributed by atoms with Gasteiger partial charge in [0.05, 0.1) is 18.2 Å². The van der Waals surface area contributed by atoms with Gasteiger partial charge in [0, 0.05) is 35.8 Å².